The minimum absolute atomic E-state index is 0.164. The molecule has 0 atom stereocenters. The molecule has 9 nitrogen and oxygen atoms in total. The highest BCUT2D eigenvalue weighted by atomic mass is 32.2. The van der Waals surface area contributed by atoms with Gasteiger partial charge in [-0.25, -0.2) is 0 Å². The van der Waals surface area contributed by atoms with Crippen LogP contribution in [0.4, 0.5) is 5.69 Å². The minimum atomic E-state index is -0.185. The molecule has 0 bridgehead atoms. The molecule has 0 spiro atoms. The van der Waals surface area contributed by atoms with Crippen LogP contribution >= 0.6 is 11.8 Å². The number of rotatable bonds is 9. The number of ether oxygens (including phenoxy) is 2. The Kier molecular flexibility index (Phi) is 7.17. The Hall–Kier alpha value is -3.79. The minimum Gasteiger partial charge on any atom is -0.497 e. The van der Waals surface area contributed by atoms with Crippen LogP contribution in [-0.2, 0) is 18.4 Å². The Morgan fingerprint density at radius 3 is 2.59 bits per heavy atom. The molecule has 1 amide bonds. The number of aryl methyl sites for hydroxylation is 1. The Labute approximate surface area is 202 Å². The van der Waals surface area contributed by atoms with E-state index in [-0.39, 0.29) is 11.7 Å². The SMILES string of the molecule is CCn1c(SCC(=O)Nc2cc(OC)ccc2OC)nnc1-c1cn(C)nc1-c1ccccc1. The van der Waals surface area contributed by atoms with Gasteiger partial charge in [-0.15, -0.1) is 10.2 Å². The molecular weight excluding hydrogens is 452 g/mol. The van der Waals surface area contributed by atoms with Crippen molar-refractivity contribution in [3.8, 4) is 34.1 Å². The van der Waals surface area contributed by atoms with Crippen LogP contribution in [0.3, 0.4) is 0 Å². The number of amides is 1. The molecule has 0 aliphatic rings. The van der Waals surface area contributed by atoms with Crippen molar-refractivity contribution >= 4 is 23.4 Å². The van der Waals surface area contributed by atoms with E-state index in [0.717, 1.165) is 16.8 Å². The van der Waals surface area contributed by atoms with Gasteiger partial charge in [0.25, 0.3) is 0 Å². The van der Waals surface area contributed by atoms with Crippen molar-refractivity contribution in [2.24, 2.45) is 7.05 Å². The van der Waals surface area contributed by atoms with Crippen LogP contribution in [0, 0.1) is 0 Å². The van der Waals surface area contributed by atoms with Gasteiger partial charge >= 0.3 is 0 Å². The molecule has 1 N–H and O–H groups in total. The maximum atomic E-state index is 12.7. The van der Waals surface area contributed by atoms with E-state index in [1.54, 1.807) is 37.1 Å². The number of hydrogen-bond acceptors (Lipinski definition) is 7. The van der Waals surface area contributed by atoms with Crippen LogP contribution in [0.2, 0.25) is 0 Å². The maximum Gasteiger partial charge on any atom is 0.234 e. The predicted molar refractivity (Wildman–Crippen MR) is 132 cm³/mol. The Morgan fingerprint density at radius 1 is 1.09 bits per heavy atom. The number of methoxy groups -OCH3 is 2. The first-order chi connectivity index (χ1) is 16.5. The number of nitrogens with one attached hydrogen (secondary N) is 1. The second-order valence-electron chi connectivity index (χ2n) is 7.38. The average Bonchev–Trinajstić information content (AvgIpc) is 3.45. The number of carbonyl (C=O) groups excluding carboxylic acids is 1. The molecule has 0 saturated carbocycles. The zero-order valence-electron chi connectivity index (χ0n) is 19.5. The van der Waals surface area contributed by atoms with Crippen molar-refractivity contribution in [1.29, 1.82) is 0 Å². The van der Waals surface area contributed by atoms with Crippen molar-refractivity contribution in [1.82, 2.24) is 24.5 Å². The lowest BCUT2D eigenvalue weighted by Gasteiger charge is -2.12. The molecule has 10 heteroatoms. The van der Waals surface area contributed by atoms with Gasteiger partial charge in [0.1, 0.15) is 17.2 Å². The summed E-state index contributed by atoms with van der Waals surface area (Å²) in [6.45, 7) is 2.68. The summed E-state index contributed by atoms with van der Waals surface area (Å²) in [5.74, 6) is 1.88. The van der Waals surface area contributed by atoms with Crippen molar-refractivity contribution < 1.29 is 14.3 Å². The summed E-state index contributed by atoms with van der Waals surface area (Å²) in [6.07, 6.45) is 1.94. The summed E-state index contributed by atoms with van der Waals surface area (Å²) in [5.41, 5.74) is 3.28. The molecule has 0 aliphatic heterocycles. The monoisotopic (exact) mass is 478 g/mol. The second-order valence-corrected chi connectivity index (χ2v) is 8.33. The van der Waals surface area contributed by atoms with Crippen LogP contribution < -0.4 is 14.8 Å². The van der Waals surface area contributed by atoms with Gasteiger partial charge in [0.15, 0.2) is 11.0 Å². The highest BCUT2D eigenvalue weighted by molar-refractivity contribution is 7.99. The fourth-order valence-corrected chi connectivity index (χ4v) is 4.37. The number of anilines is 1. The zero-order chi connectivity index (χ0) is 24.1. The molecular formula is C24H26N6O3S. The maximum absolute atomic E-state index is 12.7. The topological polar surface area (TPSA) is 96.1 Å². The standard InChI is InChI=1S/C24H26N6O3S/c1-5-30-23(18-14-29(2)28-22(18)16-9-7-6-8-10-16)26-27-24(30)34-15-21(31)25-19-13-17(32-3)11-12-20(19)33-4/h6-14H,5,15H2,1-4H3,(H,25,31). The number of hydrogen-bond donors (Lipinski definition) is 1. The van der Waals surface area contributed by atoms with Crippen LogP contribution in [0.25, 0.3) is 22.6 Å². The average molecular weight is 479 g/mol. The fourth-order valence-electron chi connectivity index (χ4n) is 3.57. The van der Waals surface area contributed by atoms with E-state index in [0.29, 0.717) is 34.7 Å². The van der Waals surface area contributed by atoms with Crippen molar-refractivity contribution in [3.63, 3.8) is 0 Å². The molecule has 4 rings (SSSR count). The lowest BCUT2D eigenvalue weighted by Crippen LogP contribution is -2.15. The number of benzene rings is 2. The van der Waals surface area contributed by atoms with Gasteiger partial charge in [-0.1, -0.05) is 42.1 Å². The molecule has 4 aromatic rings. The van der Waals surface area contributed by atoms with Gasteiger partial charge in [0.05, 0.1) is 31.2 Å². The van der Waals surface area contributed by atoms with Crippen LogP contribution in [-0.4, -0.2) is 50.4 Å². The van der Waals surface area contributed by atoms with Crippen molar-refractivity contribution in [2.75, 3.05) is 25.3 Å². The number of nitrogens with zero attached hydrogens (tertiary/aromatic N) is 5. The highest BCUT2D eigenvalue weighted by Gasteiger charge is 2.20. The molecule has 2 heterocycles. The normalized spacial score (nSPS) is 10.8. The number of aromatic nitrogens is 5. The Morgan fingerprint density at radius 2 is 1.88 bits per heavy atom. The molecule has 176 valence electrons. The van der Waals surface area contributed by atoms with Crippen molar-refractivity contribution in [2.45, 2.75) is 18.6 Å². The van der Waals surface area contributed by atoms with Gasteiger partial charge in [-0.05, 0) is 19.1 Å². The molecule has 34 heavy (non-hydrogen) atoms. The summed E-state index contributed by atoms with van der Waals surface area (Å²) < 4.78 is 14.3. The van der Waals surface area contributed by atoms with Gasteiger partial charge in [0.2, 0.25) is 5.91 Å². The van der Waals surface area contributed by atoms with Crippen molar-refractivity contribution in [3.05, 3.63) is 54.7 Å². The summed E-state index contributed by atoms with van der Waals surface area (Å²) in [6, 6.07) is 15.2. The Balaban J connectivity index is 1.53. The third-order valence-electron chi connectivity index (χ3n) is 5.16. The molecule has 0 radical (unpaired) electrons. The molecule has 0 fully saturated rings. The number of thioether (sulfide) groups is 1. The van der Waals surface area contributed by atoms with E-state index >= 15 is 0 Å². The first-order valence-corrected chi connectivity index (χ1v) is 11.7. The van der Waals surface area contributed by atoms with Gasteiger partial charge in [-0.2, -0.15) is 5.10 Å². The fraction of sp³-hybridized carbons (Fsp3) is 0.250. The third kappa shape index (κ3) is 4.91. The zero-order valence-corrected chi connectivity index (χ0v) is 20.3. The smallest absolute Gasteiger partial charge is 0.234 e. The van der Waals surface area contributed by atoms with E-state index in [9.17, 15) is 4.79 Å². The van der Waals surface area contributed by atoms with Crippen LogP contribution in [0.1, 0.15) is 6.92 Å². The quantitative estimate of drug-likeness (QED) is 0.362. The molecule has 2 aromatic heterocycles. The summed E-state index contributed by atoms with van der Waals surface area (Å²) >= 11 is 1.32. The molecule has 0 unspecified atom stereocenters. The first kappa shape index (κ1) is 23.4. The largest absolute Gasteiger partial charge is 0.497 e. The molecule has 0 aliphatic carbocycles. The van der Waals surface area contributed by atoms with Gasteiger partial charge in [0, 0.05) is 31.4 Å². The lowest BCUT2D eigenvalue weighted by molar-refractivity contribution is -0.113. The van der Waals surface area contributed by atoms with Crippen LogP contribution in [0.15, 0.2) is 59.9 Å². The Bertz CT molecular complexity index is 1290. The van der Waals surface area contributed by atoms with Gasteiger partial charge < -0.3 is 19.4 Å². The van der Waals surface area contributed by atoms with Crippen LogP contribution in [0.5, 0.6) is 11.5 Å². The summed E-state index contributed by atoms with van der Waals surface area (Å²) in [4.78, 5) is 12.7. The summed E-state index contributed by atoms with van der Waals surface area (Å²) in [7, 11) is 5.01. The number of carbonyl (C=O) groups is 1. The van der Waals surface area contributed by atoms with E-state index in [2.05, 4.69) is 20.6 Å². The highest BCUT2D eigenvalue weighted by Crippen LogP contribution is 2.32. The van der Waals surface area contributed by atoms with E-state index in [1.165, 1.54) is 11.8 Å². The summed E-state index contributed by atoms with van der Waals surface area (Å²) in [5, 5.41) is 17.0. The second kappa shape index (κ2) is 10.4. The van der Waals surface area contributed by atoms with E-state index < -0.39 is 0 Å². The lowest BCUT2D eigenvalue weighted by atomic mass is 10.1. The predicted octanol–water partition coefficient (Wildman–Crippen LogP) is 4.11. The molecule has 2 aromatic carbocycles. The first-order valence-electron chi connectivity index (χ1n) is 10.7. The third-order valence-corrected chi connectivity index (χ3v) is 6.13. The van der Waals surface area contributed by atoms with E-state index in [1.807, 2.05) is 55.1 Å². The van der Waals surface area contributed by atoms with E-state index in [4.69, 9.17) is 9.47 Å². The molecule has 0 saturated heterocycles. The van der Waals surface area contributed by atoms with Gasteiger partial charge in [-0.3, -0.25) is 9.48 Å².